The molecular formula is C19H25NO. The largest absolute Gasteiger partial charge is 0.496 e. The van der Waals surface area contributed by atoms with E-state index in [-0.39, 0.29) is 6.04 Å². The Morgan fingerprint density at radius 1 is 0.857 bits per heavy atom. The maximum absolute atomic E-state index is 5.42. The van der Waals surface area contributed by atoms with Gasteiger partial charge in [-0.2, -0.15) is 0 Å². The molecule has 0 spiro atoms. The third-order valence-corrected chi connectivity index (χ3v) is 4.13. The Bertz CT molecular complexity index is 646. The van der Waals surface area contributed by atoms with Gasteiger partial charge in [0.05, 0.1) is 13.2 Å². The van der Waals surface area contributed by atoms with Crippen LogP contribution < -0.4 is 10.1 Å². The second kappa shape index (κ2) is 6.31. The normalized spacial score (nSPS) is 12.3. The maximum Gasteiger partial charge on any atom is 0.122 e. The van der Waals surface area contributed by atoms with Crippen LogP contribution in [0.15, 0.2) is 30.3 Å². The van der Waals surface area contributed by atoms with Crippen LogP contribution in [0.3, 0.4) is 0 Å². The first-order valence-electron chi connectivity index (χ1n) is 7.37. The average Bonchev–Trinajstić information content (AvgIpc) is 2.46. The van der Waals surface area contributed by atoms with Crippen LogP contribution in [0.4, 0.5) is 0 Å². The summed E-state index contributed by atoms with van der Waals surface area (Å²) in [5.74, 6) is 0.951. The molecule has 2 heteroatoms. The van der Waals surface area contributed by atoms with E-state index in [9.17, 15) is 0 Å². The van der Waals surface area contributed by atoms with E-state index in [2.05, 4.69) is 63.3 Å². The summed E-state index contributed by atoms with van der Waals surface area (Å²) in [4.78, 5) is 0. The van der Waals surface area contributed by atoms with Crippen LogP contribution in [-0.2, 0) is 0 Å². The predicted octanol–water partition coefficient (Wildman–Crippen LogP) is 4.24. The Morgan fingerprint density at radius 3 is 2.14 bits per heavy atom. The first-order chi connectivity index (χ1) is 9.97. The third-order valence-electron chi connectivity index (χ3n) is 4.13. The fraction of sp³-hybridized carbons (Fsp3) is 0.368. The molecule has 1 unspecified atom stereocenters. The number of benzene rings is 2. The average molecular weight is 283 g/mol. The number of nitrogens with one attached hydrogen (secondary N) is 1. The Kier molecular flexibility index (Phi) is 4.69. The fourth-order valence-corrected chi connectivity index (χ4v) is 2.89. The molecule has 0 saturated heterocycles. The Hall–Kier alpha value is -1.80. The standard InChI is InChI=1S/C19H25NO/c1-12-7-8-13(2)16(9-12)19(20-5)17-10-15(4)18(21-6)11-14(17)3/h7-11,19-20H,1-6H3. The van der Waals surface area contributed by atoms with Gasteiger partial charge in [-0.25, -0.2) is 0 Å². The van der Waals surface area contributed by atoms with Crippen molar-refractivity contribution in [1.29, 1.82) is 0 Å². The molecular weight excluding hydrogens is 258 g/mol. The van der Waals surface area contributed by atoms with Gasteiger partial charge in [-0.15, -0.1) is 0 Å². The zero-order chi connectivity index (χ0) is 15.6. The van der Waals surface area contributed by atoms with Crippen molar-refractivity contribution in [3.63, 3.8) is 0 Å². The predicted molar refractivity (Wildman–Crippen MR) is 89.3 cm³/mol. The number of hydrogen-bond donors (Lipinski definition) is 1. The highest BCUT2D eigenvalue weighted by Gasteiger charge is 2.18. The van der Waals surface area contributed by atoms with Gasteiger partial charge < -0.3 is 10.1 Å². The van der Waals surface area contributed by atoms with E-state index in [1.165, 1.54) is 33.4 Å². The summed E-state index contributed by atoms with van der Waals surface area (Å²) in [5, 5.41) is 3.47. The third kappa shape index (κ3) is 3.11. The second-order valence-corrected chi connectivity index (χ2v) is 5.76. The van der Waals surface area contributed by atoms with Crippen LogP contribution in [0.5, 0.6) is 5.75 Å². The summed E-state index contributed by atoms with van der Waals surface area (Å²) in [6.07, 6.45) is 0. The molecule has 2 aromatic rings. The number of aryl methyl sites for hydroxylation is 4. The molecule has 0 aliphatic rings. The van der Waals surface area contributed by atoms with Gasteiger partial charge in [-0.1, -0.05) is 29.8 Å². The SMILES string of the molecule is CNC(c1cc(C)ccc1C)c1cc(C)c(OC)cc1C. The molecule has 112 valence electrons. The van der Waals surface area contributed by atoms with E-state index in [1.54, 1.807) is 7.11 Å². The van der Waals surface area contributed by atoms with Crippen LogP contribution >= 0.6 is 0 Å². The molecule has 2 aromatic carbocycles. The summed E-state index contributed by atoms with van der Waals surface area (Å²) in [5.41, 5.74) is 7.67. The first kappa shape index (κ1) is 15.6. The van der Waals surface area contributed by atoms with E-state index in [0.29, 0.717) is 0 Å². The highest BCUT2D eigenvalue weighted by atomic mass is 16.5. The summed E-state index contributed by atoms with van der Waals surface area (Å²) in [6.45, 7) is 8.55. The molecule has 0 aliphatic heterocycles. The van der Waals surface area contributed by atoms with E-state index in [0.717, 1.165) is 5.75 Å². The zero-order valence-electron chi connectivity index (χ0n) is 13.9. The van der Waals surface area contributed by atoms with Gasteiger partial charge >= 0.3 is 0 Å². The van der Waals surface area contributed by atoms with Crippen LogP contribution in [0, 0.1) is 27.7 Å². The van der Waals surface area contributed by atoms with E-state index in [1.807, 2.05) is 7.05 Å². The fourth-order valence-electron chi connectivity index (χ4n) is 2.89. The highest BCUT2D eigenvalue weighted by Crippen LogP contribution is 2.31. The van der Waals surface area contributed by atoms with Crippen molar-refractivity contribution in [2.24, 2.45) is 0 Å². The lowest BCUT2D eigenvalue weighted by atomic mass is 9.90. The van der Waals surface area contributed by atoms with Gasteiger partial charge in [-0.3, -0.25) is 0 Å². The van der Waals surface area contributed by atoms with Crippen molar-refractivity contribution in [1.82, 2.24) is 5.32 Å². The summed E-state index contributed by atoms with van der Waals surface area (Å²) in [6, 6.07) is 11.2. The molecule has 0 bridgehead atoms. The van der Waals surface area contributed by atoms with Crippen LogP contribution in [0.25, 0.3) is 0 Å². The monoisotopic (exact) mass is 283 g/mol. The van der Waals surface area contributed by atoms with Gasteiger partial charge in [0, 0.05) is 0 Å². The van der Waals surface area contributed by atoms with Crippen LogP contribution in [-0.4, -0.2) is 14.2 Å². The highest BCUT2D eigenvalue weighted by molar-refractivity contribution is 5.47. The lowest BCUT2D eigenvalue weighted by Crippen LogP contribution is -2.20. The lowest BCUT2D eigenvalue weighted by Gasteiger charge is -2.23. The molecule has 0 aliphatic carbocycles. The smallest absolute Gasteiger partial charge is 0.122 e. The van der Waals surface area contributed by atoms with Crippen LogP contribution in [0.1, 0.15) is 39.4 Å². The van der Waals surface area contributed by atoms with Gasteiger partial charge in [0.1, 0.15) is 5.75 Å². The Morgan fingerprint density at radius 2 is 1.52 bits per heavy atom. The van der Waals surface area contributed by atoms with Gasteiger partial charge in [0.2, 0.25) is 0 Å². The molecule has 0 aromatic heterocycles. The van der Waals surface area contributed by atoms with Crippen molar-refractivity contribution in [2.45, 2.75) is 33.7 Å². The number of hydrogen-bond acceptors (Lipinski definition) is 2. The molecule has 2 rings (SSSR count). The van der Waals surface area contributed by atoms with Gasteiger partial charge in [0.25, 0.3) is 0 Å². The Labute approximate surface area is 128 Å². The van der Waals surface area contributed by atoms with Crippen molar-refractivity contribution >= 4 is 0 Å². The quantitative estimate of drug-likeness (QED) is 0.906. The number of methoxy groups -OCH3 is 1. The lowest BCUT2D eigenvalue weighted by molar-refractivity contribution is 0.411. The molecule has 0 fully saturated rings. The number of rotatable bonds is 4. The minimum Gasteiger partial charge on any atom is -0.496 e. The molecule has 21 heavy (non-hydrogen) atoms. The minimum absolute atomic E-state index is 0.203. The van der Waals surface area contributed by atoms with E-state index < -0.39 is 0 Å². The summed E-state index contributed by atoms with van der Waals surface area (Å²) >= 11 is 0. The van der Waals surface area contributed by atoms with E-state index in [4.69, 9.17) is 4.74 Å². The van der Waals surface area contributed by atoms with Crippen molar-refractivity contribution in [2.75, 3.05) is 14.2 Å². The first-order valence-corrected chi connectivity index (χ1v) is 7.37. The van der Waals surface area contributed by atoms with E-state index >= 15 is 0 Å². The topological polar surface area (TPSA) is 21.3 Å². The second-order valence-electron chi connectivity index (χ2n) is 5.76. The minimum atomic E-state index is 0.203. The van der Waals surface area contributed by atoms with Crippen molar-refractivity contribution in [3.05, 3.63) is 63.7 Å². The molecule has 0 heterocycles. The van der Waals surface area contributed by atoms with Crippen LogP contribution in [0.2, 0.25) is 0 Å². The molecule has 1 N–H and O–H groups in total. The molecule has 0 radical (unpaired) electrons. The van der Waals surface area contributed by atoms with Crippen molar-refractivity contribution < 1.29 is 4.74 Å². The zero-order valence-corrected chi connectivity index (χ0v) is 13.9. The van der Waals surface area contributed by atoms with Gasteiger partial charge in [-0.05, 0) is 68.6 Å². The molecule has 0 amide bonds. The summed E-state index contributed by atoms with van der Waals surface area (Å²) in [7, 11) is 3.74. The van der Waals surface area contributed by atoms with Gasteiger partial charge in [0.15, 0.2) is 0 Å². The molecule has 0 saturated carbocycles. The number of ether oxygens (including phenoxy) is 1. The summed E-state index contributed by atoms with van der Waals surface area (Å²) < 4.78 is 5.42. The Balaban J connectivity index is 2.56. The molecule has 2 nitrogen and oxygen atoms in total. The van der Waals surface area contributed by atoms with Crippen molar-refractivity contribution in [3.8, 4) is 5.75 Å². The molecule has 1 atom stereocenters. The maximum atomic E-state index is 5.42.